The molecule has 0 aromatic rings. The van der Waals surface area contributed by atoms with Gasteiger partial charge in [-0.2, -0.15) is 0 Å². The first-order valence-electron chi connectivity index (χ1n) is 13.2. The van der Waals surface area contributed by atoms with Crippen LogP contribution in [0.25, 0.3) is 0 Å². The van der Waals surface area contributed by atoms with Gasteiger partial charge < -0.3 is 58.8 Å². The summed E-state index contributed by atoms with van der Waals surface area (Å²) in [4.78, 5) is 79.8. The minimum atomic E-state index is -0.500. The van der Waals surface area contributed by atoms with E-state index in [-0.39, 0.29) is 92.4 Å². The molecule has 0 saturated heterocycles. The topological polar surface area (TPSA) is 217 Å². The standard InChI is InChI=1S/C6H14O2.C5H11O2.4C5H7O2.2Ir/c1-4(5(2)7)6(3)8;5*1-4(6)3-5(2)7;;/h4-8H,1-3H3;3-7H,1-2H3;4*3H,1-2H3;;/q;;4*-1;;. The molecule has 0 aliphatic rings. The van der Waals surface area contributed by atoms with E-state index in [9.17, 15) is 38.4 Å². The zero-order valence-electron chi connectivity index (χ0n) is 28.5. The molecule has 12 nitrogen and oxygen atoms in total. The summed E-state index contributed by atoms with van der Waals surface area (Å²) in [5.41, 5.74) is 0. The maximum atomic E-state index is 9.98. The third-order valence-electron chi connectivity index (χ3n) is 3.70. The van der Waals surface area contributed by atoms with Gasteiger partial charge in [0.15, 0.2) is 0 Å². The van der Waals surface area contributed by atoms with Gasteiger partial charge in [0.05, 0.1) is 24.4 Å². The molecule has 0 spiro atoms. The van der Waals surface area contributed by atoms with Crippen molar-refractivity contribution in [3.05, 3.63) is 32.1 Å². The fraction of sp³-hybridized carbons (Fsp3) is 0.581. The van der Waals surface area contributed by atoms with Gasteiger partial charge in [0.1, 0.15) is 0 Å². The van der Waals surface area contributed by atoms with Gasteiger partial charge in [-0.05, 0) is 83.1 Å². The Kier molecular flexibility index (Phi) is 55.0. The predicted molar refractivity (Wildman–Crippen MR) is 163 cm³/mol. The van der Waals surface area contributed by atoms with E-state index in [2.05, 4.69) is 0 Å². The van der Waals surface area contributed by atoms with E-state index < -0.39 is 24.4 Å². The third kappa shape index (κ3) is 99.4. The van der Waals surface area contributed by atoms with E-state index in [0.29, 0.717) is 0 Å². The molecule has 14 heteroatoms. The molecule has 0 heterocycles. The molecule has 0 amide bonds. The number of hydrogen-bond acceptors (Lipinski definition) is 12. The summed E-state index contributed by atoms with van der Waals surface area (Å²) in [6.45, 7) is 19.2. The van der Waals surface area contributed by atoms with Crippen LogP contribution in [0.15, 0.2) is 0 Å². The van der Waals surface area contributed by atoms with Gasteiger partial charge in [0.2, 0.25) is 0 Å². The van der Waals surface area contributed by atoms with Gasteiger partial charge in [-0.15, -0.1) is 0 Å². The van der Waals surface area contributed by atoms with Crippen molar-refractivity contribution in [1.82, 2.24) is 0 Å². The maximum absolute atomic E-state index is 9.98. The number of aliphatic hydroxyl groups excluding tert-OH is 4. The van der Waals surface area contributed by atoms with Gasteiger partial charge in [-0.25, -0.2) is 0 Å². The second-order valence-electron chi connectivity index (χ2n) is 9.48. The summed E-state index contributed by atoms with van der Waals surface area (Å²) < 4.78 is 0. The van der Waals surface area contributed by atoms with E-state index in [0.717, 1.165) is 25.7 Å². The van der Waals surface area contributed by atoms with Crippen LogP contribution in [0.5, 0.6) is 0 Å². The Labute approximate surface area is 296 Å². The van der Waals surface area contributed by atoms with Crippen LogP contribution >= 0.6 is 0 Å². The largest absolute Gasteiger partial charge is 0.393 e. The van der Waals surface area contributed by atoms with Crippen molar-refractivity contribution in [2.75, 3.05) is 0 Å². The van der Waals surface area contributed by atoms with Crippen molar-refractivity contribution in [3.8, 4) is 0 Å². The Morgan fingerprint density at radius 2 is 0.533 bits per heavy atom. The van der Waals surface area contributed by atoms with E-state index in [4.69, 9.17) is 20.4 Å². The first kappa shape index (κ1) is 61.9. The molecular formula is C31H53Ir2O12-4. The van der Waals surface area contributed by atoms with Gasteiger partial charge in [0, 0.05) is 98.8 Å². The average molecular weight is 1000 g/mol. The summed E-state index contributed by atoms with van der Waals surface area (Å²) in [5, 5.41) is 34.7. The minimum absolute atomic E-state index is 0. The molecule has 45 heavy (non-hydrogen) atoms. The predicted octanol–water partition coefficient (Wildman–Crippen LogP) is 1.81. The molecule has 4 atom stereocenters. The maximum Gasteiger partial charge on any atom is 0.0569 e. The minimum Gasteiger partial charge on any atom is -0.393 e. The molecule has 4 unspecified atom stereocenters. The molecule has 271 valence electrons. The van der Waals surface area contributed by atoms with Crippen LogP contribution in [0.1, 0.15) is 90.0 Å². The van der Waals surface area contributed by atoms with Crippen molar-refractivity contribution >= 4 is 46.3 Å². The molecule has 0 fully saturated rings. The van der Waals surface area contributed by atoms with Gasteiger partial charge in [-0.3, -0.25) is 25.7 Å². The van der Waals surface area contributed by atoms with Gasteiger partial charge in [-0.1, -0.05) is 6.92 Å². The number of carbonyl (C=O) groups is 8. The number of hydrogen-bond donors (Lipinski definition) is 4. The fourth-order valence-corrected chi connectivity index (χ4v) is 1.95. The monoisotopic (exact) mass is 1000 g/mol. The van der Waals surface area contributed by atoms with E-state index in [1.54, 1.807) is 27.7 Å². The molecule has 4 N–H and O–H groups in total. The SMILES string of the molecule is CC(=O)[CH-]C(C)=O.CC(=O)[CH-]C(C)=O.CC(=O)[CH-]C(C)=O.CC(=O)[CH-]C(C)=O.CC(O)C(C)C(C)O.CC(O)[CH]C(C)O.[Ir].[Ir]. The molecule has 0 rings (SSSR count). The van der Waals surface area contributed by atoms with Crippen molar-refractivity contribution in [1.29, 1.82) is 0 Å². The van der Waals surface area contributed by atoms with Gasteiger partial charge >= 0.3 is 0 Å². The third-order valence-corrected chi connectivity index (χ3v) is 3.70. The molecule has 0 aliphatic heterocycles. The van der Waals surface area contributed by atoms with Crippen LogP contribution in [0.3, 0.4) is 0 Å². The van der Waals surface area contributed by atoms with Crippen LogP contribution in [0.2, 0.25) is 0 Å². The first-order chi connectivity index (χ1) is 19.2. The molecular weight excluding hydrogens is 949 g/mol. The molecule has 0 saturated carbocycles. The number of aliphatic hydroxyl groups is 4. The Bertz CT molecular complexity index is 670. The van der Waals surface area contributed by atoms with Crippen LogP contribution in [-0.2, 0) is 78.6 Å². The normalized spacial score (nSPS) is 11.7. The summed E-state index contributed by atoms with van der Waals surface area (Å²) in [6.07, 6.45) is 3.85. The zero-order chi connectivity index (χ0) is 36.0. The Balaban J connectivity index is -0.0000000604. The average Bonchev–Trinajstić information content (AvgIpc) is 2.70. The molecule has 3 radical (unpaired) electrons. The molecule has 0 aromatic heterocycles. The zero-order valence-corrected chi connectivity index (χ0v) is 33.3. The quantitative estimate of drug-likeness (QED) is 0.163. The number of ketones is 8. The molecule has 0 bridgehead atoms. The second-order valence-corrected chi connectivity index (χ2v) is 9.48. The number of Topliss-reactive ketones (excluding diaryl/α,β-unsaturated/α-hetero) is 8. The van der Waals surface area contributed by atoms with Gasteiger partial charge in [0.25, 0.3) is 0 Å². The van der Waals surface area contributed by atoms with E-state index in [1.165, 1.54) is 61.8 Å². The number of rotatable bonds is 12. The summed E-state index contributed by atoms with van der Waals surface area (Å²) >= 11 is 0. The van der Waals surface area contributed by atoms with Crippen molar-refractivity contribution in [3.63, 3.8) is 0 Å². The van der Waals surface area contributed by atoms with Crippen LogP contribution in [0.4, 0.5) is 0 Å². The van der Waals surface area contributed by atoms with Crippen molar-refractivity contribution in [2.45, 2.75) is 114 Å². The van der Waals surface area contributed by atoms with Crippen LogP contribution in [-0.4, -0.2) is 91.1 Å². The van der Waals surface area contributed by atoms with E-state index >= 15 is 0 Å². The molecule has 0 aromatic carbocycles. The molecule has 0 aliphatic carbocycles. The van der Waals surface area contributed by atoms with Crippen LogP contribution in [0, 0.1) is 38.0 Å². The van der Waals surface area contributed by atoms with E-state index in [1.807, 2.05) is 6.92 Å². The summed E-state index contributed by atoms with van der Waals surface area (Å²) in [5.74, 6) is -1.52. The summed E-state index contributed by atoms with van der Waals surface area (Å²) in [7, 11) is 0. The fourth-order valence-electron chi connectivity index (χ4n) is 1.95. The van der Waals surface area contributed by atoms with Crippen molar-refractivity contribution in [2.24, 2.45) is 5.92 Å². The number of carbonyl (C=O) groups excluding carboxylic acids is 8. The Hall–Kier alpha value is -2.02. The first-order valence-corrected chi connectivity index (χ1v) is 13.2. The van der Waals surface area contributed by atoms with Crippen LogP contribution < -0.4 is 0 Å². The Morgan fingerprint density at radius 1 is 0.400 bits per heavy atom. The van der Waals surface area contributed by atoms with Crippen molar-refractivity contribution < 1.29 is 99.0 Å². The summed E-state index contributed by atoms with van der Waals surface area (Å²) in [6, 6.07) is 0. The second kappa shape index (κ2) is 40.0. The Morgan fingerprint density at radius 3 is 0.533 bits per heavy atom. The smallest absolute Gasteiger partial charge is 0.0569 e.